The number of nitrogens with zero attached hydrogens (tertiary/aromatic N) is 1. The second-order valence-corrected chi connectivity index (χ2v) is 4.88. The maximum atomic E-state index is 11.9. The Morgan fingerprint density at radius 3 is 2.65 bits per heavy atom. The van der Waals surface area contributed by atoms with Gasteiger partial charge in [-0.25, -0.2) is 4.79 Å². The van der Waals surface area contributed by atoms with Gasteiger partial charge in [-0.15, -0.1) is 6.58 Å². The second-order valence-electron chi connectivity index (χ2n) is 4.88. The molecule has 1 unspecified atom stereocenters. The molecule has 0 aliphatic heterocycles. The summed E-state index contributed by atoms with van der Waals surface area (Å²) in [5.41, 5.74) is 5.85. The molecule has 0 aliphatic carbocycles. The maximum absolute atomic E-state index is 11.9. The summed E-state index contributed by atoms with van der Waals surface area (Å²) in [6.45, 7) is 4.76. The van der Waals surface area contributed by atoms with Gasteiger partial charge < -0.3 is 21.1 Å². The number of nitrogens with two attached hydrogens (primary N) is 1. The number of allylic oxidation sites excluding steroid dienone is 1. The number of likely N-dealkylation sites (N-methyl/N-ethyl adjacent to an activating group) is 1. The molecule has 20 heavy (non-hydrogen) atoms. The van der Waals surface area contributed by atoms with Gasteiger partial charge in [0, 0.05) is 20.1 Å². The number of hydrogen-bond acceptors (Lipinski definition) is 3. The summed E-state index contributed by atoms with van der Waals surface area (Å²) in [5.74, 6) is -0.0465. The quantitative estimate of drug-likeness (QED) is 0.396. The third kappa shape index (κ3) is 9.38. The number of carbonyl (C=O) groups excluding carboxylic acids is 1. The number of carboxylic acid groups (broad SMARTS) is 1. The third-order valence-corrected chi connectivity index (χ3v) is 3.06. The summed E-state index contributed by atoms with van der Waals surface area (Å²) >= 11 is 0. The summed E-state index contributed by atoms with van der Waals surface area (Å²) in [5, 5.41) is 10.7. The SMILES string of the molecule is C=CCCCCN(C)C(=O)C(N)CCCCNC(=O)O. The number of unbranched alkanes of at least 4 members (excludes halogenated alkanes) is 3. The highest BCUT2D eigenvalue weighted by Crippen LogP contribution is 2.04. The van der Waals surface area contributed by atoms with Crippen molar-refractivity contribution >= 4 is 12.0 Å². The molecule has 116 valence electrons. The Labute approximate surface area is 121 Å². The van der Waals surface area contributed by atoms with Gasteiger partial charge in [-0.1, -0.05) is 6.08 Å². The van der Waals surface area contributed by atoms with E-state index in [0.29, 0.717) is 25.9 Å². The average Bonchev–Trinajstić information content (AvgIpc) is 2.41. The van der Waals surface area contributed by atoms with Gasteiger partial charge in [0.05, 0.1) is 6.04 Å². The minimum Gasteiger partial charge on any atom is -0.465 e. The van der Waals surface area contributed by atoms with Crippen LogP contribution in [0.15, 0.2) is 12.7 Å². The standard InChI is InChI=1S/C14H27N3O3/c1-3-4-5-8-11-17(2)13(18)12(15)9-6-7-10-16-14(19)20/h3,12,16H,1,4-11,15H2,2H3,(H,19,20). The molecule has 1 atom stereocenters. The molecule has 0 saturated carbocycles. The first kappa shape index (κ1) is 18.4. The number of hydrogen-bond donors (Lipinski definition) is 3. The average molecular weight is 285 g/mol. The van der Waals surface area contributed by atoms with Crippen LogP contribution in [0.25, 0.3) is 0 Å². The normalized spacial score (nSPS) is 11.7. The van der Waals surface area contributed by atoms with Crippen LogP contribution in [-0.2, 0) is 4.79 Å². The van der Waals surface area contributed by atoms with Crippen molar-refractivity contribution in [3.8, 4) is 0 Å². The molecule has 0 radical (unpaired) electrons. The highest BCUT2D eigenvalue weighted by atomic mass is 16.4. The lowest BCUT2D eigenvalue weighted by Gasteiger charge is -2.21. The van der Waals surface area contributed by atoms with E-state index in [4.69, 9.17) is 10.8 Å². The lowest BCUT2D eigenvalue weighted by Crippen LogP contribution is -2.42. The molecule has 6 heteroatoms. The Kier molecular flexibility index (Phi) is 10.4. The lowest BCUT2D eigenvalue weighted by atomic mass is 10.1. The van der Waals surface area contributed by atoms with Gasteiger partial charge in [0.1, 0.15) is 0 Å². The Morgan fingerprint density at radius 2 is 2.05 bits per heavy atom. The van der Waals surface area contributed by atoms with Crippen molar-refractivity contribution in [2.75, 3.05) is 20.1 Å². The van der Waals surface area contributed by atoms with Gasteiger partial charge in [0.25, 0.3) is 0 Å². The van der Waals surface area contributed by atoms with Crippen LogP contribution < -0.4 is 11.1 Å². The van der Waals surface area contributed by atoms with Crippen LogP contribution >= 0.6 is 0 Å². The molecule has 0 spiro atoms. The zero-order valence-corrected chi connectivity index (χ0v) is 12.3. The maximum Gasteiger partial charge on any atom is 0.404 e. The molecule has 0 aliphatic rings. The Morgan fingerprint density at radius 1 is 1.35 bits per heavy atom. The molecule has 0 bridgehead atoms. The van der Waals surface area contributed by atoms with Crippen molar-refractivity contribution < 1.29 is 14.7 Å². The summed E-state index contributed by atoms with van der Waals surface area (Å²) < 4.78 is 0. The van der Waals surface area contributed by atoms with Crippen LogP contribution in [0.5, 0.6) is 0 Å². The largest absolute Gasteiger partial charge is 0.465 e. The Bertz CT molecular complexity index is 308. The minimum atomic E-state index is -1.02. The first-order valence-electron chi connectivity index (χ1n) is 7.07. The molecule has 6 nitrogen and oxygen atoms in total. The summed E-state index contributed by atoms with van der Waals surface area (Å²) in [7, 11) is 1.77. The van der Waals surface area contributed by atoms with Crippen LogP contribution in [0.3, 0.4) is 0 Å². The summed E-state index contributed by atoms with van der Waals surface area (Å²) in [6.07, 6.45) is 5.79. The van der Waals surface area contributed by atoms with Crippen LogP contribution in [0.4, 0.5) is 4.79 Å². The molecule has 0 heterocycles. The van der Waals surface area contributed by atoms with E-state index >= 15 is 0 Å². The van der Waals surface area contributed by atoms with Gasteiger partial charge in [0.2, 0.25) is 5.91 Å². The fourth-order valence-electron chi connectivity index (χ4n) is 1.84. The first-order chi connectivity index (χ1) is 9.49. The molecular weight excluding hydrogens is 258 g/mol. The number of amides is 2. The predicted octanol–water partition coefficient (Wildman–Crippen LogP) is 1.57. The molecule has 0 aromatic carbocycles. The predicted molar refractivity (Wildman–Crippen MR) is 79.5 cm³/mol. The zero-order chi connectivity index (χ0) is 15.4. The van der Waals surface area contributed by atoms with E-state index in [9.17, 15) is 9.59 Å². The number of carbonyl (C=O) groups is 2. The van der Waals surface area contributed by atoms with Crippen LogP contribution in [-0.4, -0.2) is 48.2 Å². The molecule has 0 fully saturated rings. The van der Waals surface area contributed by atoms with Gasteiger partial charge >= 0.3 is 6.09 Å². The van der Waals surface area contributed by atoms with Crippen LogP contribution in [0, 0.1) is 0 Å². The van der Waals surface area contributed by atoms with E-state index in [1.807, 2.05) is 6.08 Å². The monoisotopic (exact) mass is 285 g/mol. The van der Waals surface area contributed by atoms with Gasteiger partial charge in [-0.05, 0) is 38.5 Å². The summed E-state index contributed by atoms with van der Waals surface area (Å²) in [4.78, 5) is 23.9. The molecular formula is C14H27N3O3. The van der Waals surface area contributed by atoms with E-state index in [1.54, 1.807) is 11.9 Å². The molecule has 0 aromatic rings. The molecule has 0 saturated heterocycles. The Hall–Kier alpha value is -1.56. The second kappa shape index (κ2) is 11.3. The molecule has 2 amide bonds. The highest BCUT2D eigenvalue weighted by molar-refractivity contribution is 5.81. The van der Waals surface area contributed by atoms with E-state index in [2.05, 4.69) is 11.9 Å². The fourth-order valence-corrected chi connectivity index (χ4v) is 1.84. The van der Waals surface area contributed by atoms with E-state index in [0.717, 1.165) is 25.7 Å². The Balaban J connectivity index is 3.72. The van der Waals surface area contributed by atoms with Crippen molar-refractivity contribution in [3.63, 3.8) is 0 Å². The first-order valence-corrected chi connectivity index (χ1v) is 7.07. The van der Waals surface area contributed by atoms with E-state index in [1.165, 1.54) is 0 Å². The zero-order valence-electron chi connectivity index (χ0n) is 12.3. The number of nitrogens with one attached hydrogen (secondary N) is 1. The van der Waals surface area contributed by atoms with Gasteiger partial charge in [0.15, 0.2) is 0 Å². The minimum absolute atomic E-state index is 0.0465. The van der Waals surface area contributed by atoms with Crippen molar-refractivity contribution in [1.29, 1.82) is 0 Å². The van der Waals surface area contributed by atoms with Gasteiger partial charge in [-0.3, -0.25) is 4.79 Å². The topological polar surface area (TPSA) is 95.7 Å². The van der Waals surface area contributed by atoms with Crippen molar-refractivity contribution in [2.45, 2.75) is 44.6 Å². The van der Waals surface area contributed by atoms with Crippen LogP contribution in [0.2, 0.25) is 0 Å². The smallest absolute Gasteiger partial charge is 0.404 e. The van der Waals surface area contributed by atoms with Crippen molar-refractivity contribution in [2.24, 2.45) is 5.73 Å². The highest BCUT2D eigenvalue weighted by Gasteiger charge is 2.16. The molecule has 0 rings (SSSR count). The third-order valence-electron chi connectivity index (χ3n) is 3.06. The van der Waals surface area contributed by atoms with Crippen LogP contribution in [0.1, 0.15) is 38.5 Å². The van der Waals surface area contributed by atoms with Crippen molar-refractivity contribution in [3.05, 3.63) is 12.7 Å². The van der Waals surface area contributed by atoms with Crippen molar-refractivity contribution in [1.82, 2.24) is 10.2 Å². The molecule has 4 N–H and O–H groups in total. The van der Waals surface area contributed by atoms with E-state index < -0.39 is 12.1 Å². The van der Waals surface area contributed by atoms with E-state index in [-0.39, 0.29) is 5.91 Å². The molecule has 0 aromatic heterocycles. The fraction of sp³-hybridized carbons (Fsp3) is 0.714. The number of rotatable bonds is 11. The van der Waals surface area contributed by atoms with Gasteiger partial charge in [-0.2, -0.15) is 0 Å². The lowest BCUT2D eigenvalue weighted by molar-refractivity contribution is -0.131. The summed E-state index contributed by atoms with van der Waals surface area (Å²) in [6, 6.07) is -0.496.